The fourth-order valence-electron chi connectivity index (χ4n) is 1.87. The van der Waals surface area contributed by atoms with Gasteiger partial charge in [-0.15, -0.1) is 0 Å². The molecule has 1 aromatic carbocycles. The lowest BCUT2D eigenvalue weighted by Crippen LogP contribution is -2.21. The highest BCUT2D eigenvalue weighted by atomic mass is 16.5. The van der Waals surface area contributed by atoms with Crippen LogP contribution < -0.4 is 10.5 Å². The Balaban J connectivity index is 2.03. The molecule has 0 saturated heterocycles. The van der Waals surface area contributed by atoms with E-state index in [-0.39, 0.29) is 6.04 Å². The molecule has 0 aliphatic carbocycles. The summed E-state index contributed by atoms with van der Waals surface area (Å²) >= 11 is 0. The van der Waals surface area contributed by atoms with Crippen molar-refractivity contribution in [2.75, 3.05) is 0 Å². The molecule has 0 aliphatic rings. The third-order valence-electron chi connectivity index (χ3n) is 3.03. The Bertz CT molecular complexity index is 522. The first kappa shape index (κ1) is 13.6. The second-order valence-electron chi connectivity index (χ2n) is 4.70. The molecule has 1 aromatic heterocycles. The van der Waals surface area contributed by atoms with Crippen molar-refractivity contribution >= 4 is 0 Å². The first-order chi connectivity index (χ1) is 9.19. The number of nitrogens with two attached hydrogens (primary N) is 1. The Morgan fingerprint density at radius 1 is 1.37 bits per heavy atom. The zero-order valence-corrected chi connectivity index (χ0v) is 11.4. The highest BCUT2D eigenvalue weighted by molar-refractivity contribution is 5.34. The maximum Gasteiger partial charge on any atom is 0.174 e. The van der Waals surface area contributed by atoms with Gasteiger partial charge in [-0.3, -0.25) is 0 Å². The Kier molecular flexibility index (Phi) is 4.58. The summed E-state index contributed by atoms with van der Waals surface area (Å²) in [6, 6.07) is 10.0. The van der Waals surface area contributed by atoms with Gasteiger partial charge < -0.3 is 15.0 Å². The van der Waals surface area contributed by atoms with E-state index >= 15 is 0 Å². The van der Waals surface area contributed by atoms with Crippen molar-refractivity contribution in [3.05, 3.63) is 47.3 Å². The number of aromatic nitrogens is 1. The van der Waals surface area contributed by atoms with Gasteiger partial charge in [-0.1, -0.05) is 30.3 Å². The molecule has 0 spiro atoms. The van der Waals surface area contributed by atoms with E-state index in [0.717, 1.165) is 35.6 Å². The van der Waals surface area contributed by atoms with Crippen molar-refractivity contribution in [2.24, 2.45) is 5.73 Å². The van der Waals surface area contributed by atoms with E-state index in [1.807, 2.05) is 31.2 Å². The van der Waals surface area contributed by atoms with Gasteiger partial charge in [0.05, 0.1) is 5.69 Å². The van der Waals surface area contributed by atoms with Crippen LogP contribution in [0.5, 0.6) is 5.75 Å². The number of aryl methyl sites for hydroxylation is 1. The summed E-state index contributed by atoms with van der Waals surface area (Å²) in [5, 5.41) is 3.84. The van der Waals surface area contributed by atoms with Gasteiger partial charge in [0.1, 0.15) is 12.4 Å². The third-order valence-corrected chi connectivity index (χ3v) is 3.03. The number of ether oxygens (including phenoxy) is 1. The van der Waals surface area contributed by atoms with E-state index in [2.05, 4.69) is 18.1 Å². The van der Waals surface area contributed by atoms with Crippen molar-refractivity contribution in [3.8, 4) is 5.75 Å². The molecule has 102 valence electrons. The molecule has 0 aliphatic heterocycles. The highest BCUT2D eigenvalue weighted by Crippen LogP contribution is 2.21. The Hall–Kier alpha value is -1.81. The number of hydrogen-bond acceptors (Lipinski definition) is 4. The van der Waals surface area contributed by atoms with Gasteiger partial charge in [0.15, 0.2) is 5.76 Å². The van der Waals surface area contributed by atoms with Crippen molar-refractivity contribution in [1.82, 2.24) is 5.16 Å². The summed E-state index contributed by atoms with van der Waals surface area (Å²) < 4.78 is 10.9. The maximum atomic E-state index is 6.00. The molecule has 1 heterocycles. The van der Waals surface area contributed by atoms with Gasteiger partial charge in [-0.2, -0.15) is 0 Å². The van der Waals surface area contributed by atoms with Crippen LogP contribution in [-0.4, -0.2) is 11.2 Å². The van der Waals surface area contributed by atoms with Crippen molar-refractivity contribution < 1.29 is 9.26 Å². The van der Waals surface area contributed by atoms with Crippen LogP contribution >= 0.6 is 0 Å². The molecule has 0 amide bonds. The lowest BCUT2D eigenvalue weighted by atomic mass is 10.0. The minimum absolute atomic E-state index is 0.164. The van der Waals surface area contributed by atoms with E-state index in [4.69, 9.17) is 15.0 Å². The largest absolute Gasteiger partial charge is 0.485 e. The summed E-state index contributed by atoms with van der Waals surface area (Å²) in [7, 11) is 0. The number of nitrogens with zero attached hydrogens (tertiary/aromatic N) is 1. The molecule has 1 atom stereocenters. The van der Waals surface area contributed by atoms with Gasteiger partial charge in [0.25, 0.3) is 0 Å². The summed E-state index contributed by atoms with van der Waals surface area (Å²) in [5.41, 5.74) is 7.99. The van der Waals surface area contributed by atoms with Gasteiger partial charge in [0, 0.05) is 12.1 Å². The SMILES string of the molecule is CCC(N)Cc1ccccc1OCc1cc(C)no1. The highest BCUT2D eigenvalue weighted by Gasteiger charge is 2.08. The summed E-state index contributed by atoms with van der Waals surface area (Å²) in [6.07, 6.45) is 1.78. The molecule has 2 rings (SSSR count). The fraction of sp³-hybridized carbons (Fsp3) is 0.400. The summed E-state index contributed by atoms with van der Waals surface area (Å²) in [5.74, 6) is 1.59. The molecular weight excluding hydrogens is 240 g/mol. The van der Waals surface area contributed by atoms with Crippen molar-refractivity contribution in [1.29, 1.82) is 0 Å². The van der Waals surface area contributed by atoms with Crippen molar-refractivity contribution in [2.45, 2.75) is 39.3 Å². The zero-order chi connectivity index (χ0) is 13.7. The van der Waals surface area contributed by atoms with Gasteiger partial charge in [-0.25, -0.2) is 0 Å². The molecule has 0 saturated carbocycles. The second kappa shape index (κ2) is 6.38. The number of para-hydroxylation sites is 1. The van der Waals surface area contributed by atoms with Crippen molar-refractivity contribution in [3.63, 3.8) is 0 Å². The summed E-state index contributed by atoms with van der Waals surface area (Å²) in [6.45, 7) is 4.37. The first-order valence-corrected chi connectivity index (χ1v) is 6.57. The monoisotopic (exact) mass is 260 g/mol. The Labute approximate surface area is 113 Å². The minimum Gasteiger partial charge on any atom is -0.485 e. The molecule has 2 aromatic rings. The molecule has 1 unspecified atom stereocenters. The molecule has 19 heavy (non-hydrogen) atoms. The average Bonchev–Trinajstić information content (AvgIpc) is 2.83. The zero-order valence-electron chi connectivity index (χ0n) is 11.4. The van der Waals surface area contributed by atoms with Crippen LogP contribution in [0.3, 0.4) is 0 Å². The topological polar surface area (TPSA) is 61.3 Å². The second-order valence-corrected chi connectivity index (χ2v) is 4.70. The Morgan fingerprint density at radius 3 is 2.84 bits per heavy atom. The van der Waals surface area contributed by atoms with Gasteiger partial charge in [-0.05, 0) is 31.4 Å². The predicted molar refractivity (Wildman–Crippen MR) is 74.0 cm³/mol. The smallest absolute Gasteiger partial charge is 0.174 e. The van der Waals surface area contributed by atoms with Crippen LogP contribution in [0.1, 0.15) is 30.4 Å². The van der Waals surface area contributed by atoms with E-state index in [1.54, 1.807) is 0 Å². The van der Waals surface area contributed by atoms with E-state index < -0.39 is 0 Å². The molecule has 4 heteroatoms. The van der Waals surface area contributed by atoms with E-state index in [0.29, 0.717) is 6.61 Å². The van der Waals surface area contributed by atoms with Crippen LogP contribution in [0.4, 0.5) is 0 Å². The summed E-state index contributed by atoms with van der Waals surface area (Å²) in [4.78, 5) is 0. The number of rotatable bonds is 6. The molecular formula is C15H20N2O2. The number of hydrogen-bond donors (Lipinski definition) is 1. The maximum absolute atomic E-state index is 6.00. The minimum atomic E-state index is 0.164. The van der Waals surface area contributed by atoms with E-state index in [1.165, 1.54) is 0 Å². The first-order valence-electron chi connectivity index (χ1n) is 6.57. The fourth-order valence-corrected chi connectivity index (χ4v) is 1.87. The van der Waals surface area contributed by atoms with Gasteiger partial charge >= 0.3 is 0 Å². The Morgan fingerprint density at radius 2 is 2.16 bits per heavy atom. The predicted octanol–water partition coefficient (Wildman–Crippen LogP) is 2.84. The van der Waals surface area contributed by atoms with E-state index in [9.17, 15) is 0 Å². The lowest BCUT2D eigenvalue weighted by Gasteiger charge is -2.13. The standard InChI is InChI=1S/C15H20N2O2/c1-3-13(16)9-12-6-4-5-7-15(12)18-10-14-8-11(2)17-19-14/h4-8,13H,3,9-10,16H2,1-2H3. The lowest BCUT2D eigenvalue weighted by molar-refractivity contribution is 0.246. The van der Waals surface area contributed by atoms with Crippen LogP contribution in [0.15, 0.2) is 34.9 Å². The van der Waals surface area contributed by atoms with Crippen LogP contribution in [0.2, 0.25) is 0 Å². The van der Waals surface area contributed by atoms with Crippen LogP contribution in [0, 0.1) is 6.92 Å². The normalized spacial score (nSPS) is 12.4. The van der Waals surface area contributed by atoms with Crippen LogP contribution in [-0.2, 0) is 13.0 Å². The molecule has 0 bridgehead atoms. The molecule has 0 fully saturated rings. The molecule has 4 nitrogen and oxygen atoms in total. The quantitative estimate of drug-likeness (QED) is 0.867. The average molecular weight is 260 g/mol. The molecule has 2 N–H and O–H groups in total. The number of benzene rings is 1. The van der Waals surface area contributed by atoms with Gasteiger partial charge in [0.2, 0.25) is 0 Å². The van der Waals surface area contributed by atoms with Crippen LogP contribution in [0.25, 0.3) is 0 Å². The third kappa shape index (κ3) is 3.83. The molecule has 0 radical (unpaired) electrons.